The van der Waals surface area contributed by atoms with Crippen LogP contribution in [-0.4, -0.2) is 4.37 Å². The molecule has 0 unspecified atom stereocenters. The normalized spacial score (nSPS) is 10.5. The van der Waals surface area contributed by atoms with Crippen molar-refractivity contribution in [3.05, 3.63) is 18.3 Å². The maximum absolute atomic E-state index is 5.68. The molecule has 0 radical (unpaired) electrons. The monoisotopic (exact) mass is 165 g/mol. The van der Waals surface area contributed by atoms with Crippen molar-refractivity contribution in [1.29, 1.82) is 0 Å². The molecule has 0 saturated heterocycles. The van der Waals surface area contributed by atoms with Gasteiger partial charge in [0.05, 0.1) is 16.6 Å². The van der Waals surface area contributed by atoms with Crippen LogP contribution in [0.2, 0.25) is 0 Å². The molecule has 1 heterocycles. The van der Waals surface area contributed by atoms with Crippen molar-refractivity contribution in [1.82, 2.24) is 4.37 Å². The lowest BCUT2D eigenvalue weighted by atomic mass is 10.2. The summed E-state index contributed by atoms with van der Waals surface area (Å²) in [5.41, 5.74) is 12.9. The molecule has 0 saturated carbocycles. The van der Waals surface area contributed by atoms with Gasteiger partial charge in [-0.2, -0.15) is 4.37 Å². The Kier molecular flexibility index (Phi) is 1.22. The van der Waals surface area contributed by atoms with Crippen molar-refractivity contribution in [2.45, 2.75) is 0 Å². The summed E-state index contributed by atoms with van der Waals surface area (Å²) in [5.74, 6) is 0. The van der Waals surface area contributed by atoms with Crippen LogP contribution in [0.15, 0.2) is 18.3 Å². The Balaban J connectivity index is 2.96. The zero-order valence-corrected chi connectivity index (χ0v) is 6.56. The summed E-state index contributed by atoms with van der Waals surface area (Å²) >= 11 is 1.37. The topological polar surface area (TPSA) is 64.9 Å². The van der Waals surface area contributed by atoms with Crippen LogP contribution in [0.4, 0.5) is 11.4 Å². The van der Waals surface area contributed by atoms with Crippen LogP contribution in [0.3, 0.4) is 0 Å². The predicted molar refractivity (Wildman–Crippen MR) is 48.4 cm³/mol. The minimum absolute atomic E-state index is 0.739. The van der Waals surface area contributed by atoms with Crippen molar-refractivity contribution in [2.75, 3.05) is 11.5 Å². The molecule has 0 fully saturated rings. The standard InChI is InChI=1S/C7H7N3S/c8-5-1-2-6(9)7-4(5)3-10-11-7/h1-3H,8-9H2. The highest BCUT2D eigenvalue weighted by Gasteiger charge is 2.02. The van der Waals surface area contributed by atoms with E-state index in [0.717, 1.165) is 21.5 Å². The zero-order valence-electron chi connectivity index (χ0n) is 5.74. The fourth-order valence-electron chi connectivity index (χ4n) is 0.998. The molecule has 4 heteroatoms. The van der Waals surface area contributed by atoms with Crippen molar-refractivity contribution in [2.24, 2.45) is 0 Å². The van der Waals surface area contributed by atoms with Gasteiger partial charge >= 0.3 is 0 Å². The molecule has 2 aromatic rings. The van der Waals surface area contributed by atoms with Gasteiger partial charge in [-0.15, -0.1) is 0 Å². The van der Waals surface area contributed by atoms with Crippen molar-refractivity contribution < 1.29 is 0 Å². The van der Waals surface area contributed by atoms with Crippen LogP contribution < -0.4 is 11.5 Å². The lowest BCUT2D eigenvalue weighted by Crippen LogP contribution is -1.88. The van der Waals surface area contributed by atoms with E-state index in [2.05, 4.69) is 4.37 Å². The molecule has 3 nitrogen and oxygen atoms in total. The smallest absolute Gasteiger partial charge is 0.0799 e. The van der Waals surface area contributed by atoms with Gasteiger partial charge in [0, 0.05) is 11.1 Å². The second-order valence-corrected chi connectivity index (χ2v) is 3.11. The predicted octanol–water partition coefficient (Wildman–Crippen LogP) is 1.46. The minimum Gasteiger partial charge on any atom is -0.398 e. The SMILES string of the molecule is Nc1ccc(N)c2sncc12. The van der Waals surface area contributed by atoms with Crippen LogP contribution in [0.1, 0.15) is 0 Å². The Morgan fingerprint density at radius 2 is 1.91 bits per heavy atom. The molecule has 0 aliphatic carbocycles. The van der Waals surface area contributed by atoms with Crippen LogP contribution in [-0.2, 0) is 0 Å². The Hall–Kier alpha value is -1.29. The molecule has 0 atom stereocenters. The summed E-state index contributed by atoms with van der Waals surface area (Å²) in [6.45, 7) is 0. The number of rotatable bonds is 0. The van der Waals surface area contributed by atoms with E-state index in [9.17, 15) is 0 Å². The highest BCUT2D eigenvalue weighted by Crippen LogP contribution is 2.28. The Labute approximate surface area is 67.8 Å². The van der Waals surface area contributed by atoms with E-state index in [1.165, 1.54) is 11.5 Å². The largest absolute Gasteiger partial charge is 0.398 e. The summed E-state index contributed by atoms with van der Waals surface area (Å²) in [5, 5.41) is 0.954. The molecule has 1 aromatic carbocycles. The lowest BCUT2D eigenvalue weighted by Gasteiger charge is -1.96. The Morgan fingerprint density at radius 1 is 1.18 bits per heavy atom. The first-order valence-electron chi connectivity index (χ1n) is 3.17. The maximum Gasteiger partial charge on any atom is 0.0799 e. The van der Waals surface area contributed by atoms with Crippen molar-refractivity contribution in [3.63, 3.8) is 0 Å². The van der Waals surface area contributed by atoms with Gasteiger partial charge in [0.2, 0.25) is 0 Å². The zero-order chi connectivity index (χ0) is 7.84. The molecular formula is C7H7N3S. The Morgan fingerprint density at radius 3 is 2.64 bits per heavy atom. The van der Waals surface area contributed by atoms with Gasteiger partial charge < -0.3 is 11.5 Å². The summed E-state index contributed by atoms with van der Waals surface area (Å²) < 4.78 is 4.98. The molecule has 0 spiro atoms. The van der Waals surface area contributed by atoms with Crippen LogP contribution >= 0.6 is 11.5 Å². The lowest BCUT2D eigenvalue weighted by molar-refractivity contribution is 1.60. The average Bonchev–Trinajstić information content (AvgIpc) is 2.45. The molecule has 0 aliphatic heterocycles. The van der Waals surface area contributed by atoms with Gasteiger partial charge in [-0.1, -0.05) is 0 Å². The van der Waals surface area contributed by atoms with E-state index in [1.807, 2.05) is 0 Å². The maximum atomic E-state index is 5.68. The van der Waals surface area contributed by atoms with E-state index < -0.39 is 0 Å². The molecule has 56 valence electrons. The fraction of sp³-hybridized carbons (Fsp3) is 0. The first-order chi connectivity index (χ1) is 5.29. The molecule has 4 N–H and O–H groups in total. The van der Waals surface area contributed by atoms with E-state index in [1.54, 1.807) is 18.3 Å². The summed E-state index contributed by atoms with van der Waals surface area (Å²) in [6.07, 6.45) is 1.74. The van der Waals surface area contributed by atoms with E-state index in [0.29, 0.717) is 0 Å². The third kappa shape index (κ3) is 0.832. The molecular weight excluding hydrogens is 158 g/mol. The van der Waals surface area contributed by atoms with Gasteiger partial charge in [0.1, 0.15) is 0 Å². The Bertz CT molecular complexity index is 357. The summed E-state index contributed by atoms with van der Waals surface area (Å²) in [4.78, 5) is 0. The van der Waals surface area contributed by atoms with E-state index in [-0.39, 0.29) is 0 Å². The van der Waals surface area contributed by atoms with Crippen LogP contribution in [0.5, 0.6) is 0 Å². The second kappa shape index (κ2) is 2.10. The van der Waals surface area contributed by atoms with Gasteiger partial charge in [-0.05, 0) is 23.7 Å². The first kappa shape index (κ1) is 6.42. The number of nitrogens with zero attached hydrogens (tertiary/aromatic N) is 1. The van der Waals surface area contributed by atoms with Gasteiger partial charge in [0.15, 0.2) is 0 Å². The van der Waals surface area contributed by atoms with E-state index >= 15 is 0 Å². The molecule has 1 aromatic heterocycles. The number of benzene rings is 1. The molecule has 11 heavy (non-hydrogen) atoms. The van der Waals surface area contributed by atoms with Gasteiger partial charge in [0.25, 0.3) is 0 Å². The first-order valence-corrected chi connectivity index (χ1v) is 3.95. The van der Waals surface area contributed by atoms with Crippen LogP contribution in [0.25, 0.3) is 10.1 Å². The number of anilines is 2. The molecule has 2 rings (SSSR count). The molecule has 0 bridgehead atoms. The number of nitrogen functional groups attached to an aromatic ring is 2. The third-order valence-electron chi connectivity index (χ3n) is 1.59. The number of fused-ring (bicyclic) bond motifs is 1. The fourth-order valence-corrected chi connectivity index (χ4v) is 1.70. The van der Waals surface area contributed by atoms with Crippen molar-refractivity contribution >= 4 is 33.0 Å². The number of hydrogen-bond donors (Lipinski definition) is 2. The van der Waals surface area contributed by atoms with Gasteiger partial charge in [-0.25, -0.2) is 0 Å². The highest BCUT2D eigenvalue weighted by molar-refractivity contribution is 7.14. The molecule has 0 amide bonds. The number of nitrogens with two attached hydrogens (primary N) is 2. The van der Waals surface area contributed by atoms with Crippen molar-refractivity contribution in [3.8, 4) is 0 Å². The van der Waals surface area contributed by atoms with Gasteiger partial charge in [-0.3, -0.25) is 0 Å². The number of hydrogen-bond acceptors (Lipinski definition) is 4. The third-order valence-corrected chi connectivity index (χ3v) is 2.44. The quantitative estimate of drug-likeness (QED) is 0.581. The summed E-state index contributed by atoms with van der Waals surface area (Å²) in [6, 6.07) is 3.60. The highest BCUT2D eigenvalue weighted by atomic mass is 32.1. The molecule has 0 aliphatic rings. The average molecular weight is 165 g/mol. The minimum atomic E-state index is 0.739. The number of aromatic nitrogens is 1. The van der Waals surface area contributed by atoms with E-state index in [4.69, 9.17) is 11.5 Å². The van der Waals surface area contributed by atoms with Crippen LogP contribution in [0, 0.1) is 0 Å². The summed E-state index contributed by atoms with van der Waals surface area (Å²) in [7, 11) is 0. The second-order valence-electron chi connectivity index (χ2n) is 2.31.